The lowest BCUT2D eigenvalue weighted by atomic mass is 9.83. The molecule has 0 aliphatic rings. The van der Waals surface area contributed by atoms with Gasteiger partial charge in [-0.05, 0) is 19.8 Å². The van der Waals surface area contributed by atoms with E-state index in [1.54, 1.807) is 19.9 Å². The third-order valence-electron chi connectivity index (χ3n) is 3.07. The number of hydrogen-bond acceptors (Lipinski definition) is 4. The van der Waals surface area contributed by atoms with E-state index in [1.807, 2.05) is 0 Å². The van der Waals surface area contributed by atoms with Crippen LogP contribution in [-0.4, -0.2) is 31.3 Å². The Morgan fingerprint density at radius 1 is 1.47 bits per heavy atom. The summed E-state index contributed by atoms with van der Waals surface area (Å²) >= 11 is 0. The lowest BCUT2D eigenvalue weighted by Crippen LogP contribution is -2.44. The van der Waals surface area contributed by atoms with Crippen molar-refractivity contribution in [2.75, 3.05) is 6.54 Å². The van der Waals surface area contributed by atoms with Gasteiger partial charge in [-0.1, -0.05) is 13.8 Å². The molecule has 0 amide bonds. The van der Waals surface area contributed by atoms with E-state index in [-0.39, 0.29) is 6.54 Å². The van der Waals surface area contributed by atoms with Crippen molar-refractivity contribution in [2.45, 2.75) is 38.9 Å². The molecule has 98 valence electrons. The van der Waals surface area contributed by atoms with Crippen LogP contribution < -0.4 is 4.72 Å². The zero-order valence-corrected chi connectivity index (χ0v) is 11.0. The Kier molecular flexibility index (Phi) is 5.58. The second-order valence-corrected chi connectivity index (χ2v) is 6.02. The summed E-state index contributed by atoms with van der Waals surface area (Å²) in [5.41, 5.74) is -1.11. The molecule has 0 heterocycles. The van der Waals surface area contributed by atoms with E-state index in [0.717, 1.165) is 0 Å². The first kappa shape index (κ1) is 15.9. The molecule has 0 saturated heterocycles. The maximum absolute atomic E-state index is 11.5. The predicted molar refractivity (Wildman–Crippen MR) is 62.6 cm³/mol. The van der Waals surface area contributed by atoms with Crippen molar-refractivity contribution in [1.29, 1.82) is 5.26 Å². The van der Waals surface area contributed by atoms with Gasteiger partial charge in [0.15, 0.2) is 5.25 Å². The molecule has 1 unspecified atom stereocenters. The van der Waals surface area contributed by atoms with Gasteiger partial charge in [-0.2, -0.15) is 5.26 Å². The minimum atomic E-state index is -3.77. The summed E-state index contributed by atoms with van der Waals surface area (Å²) in [5, 5.41) is 16.5. The molecule has 0 bridgehead atoms. The molecule has 0 rings (SSSR count). The van der Waals surface area contributed by atoms with Crippen LogP contribution in [0.3, 0.4) is 0 Å². The fourth-order valence-electron chi connectivity index (χ4n) is 1.31. The third-order valence-corrected chi connectivity index (χ3v) is 4.65. The molecule has 0 fully saturated rings. The molecule has 1 atom stereocenters. The number of hydrogen-bond donors (Lipinski definition) is 2. The number of carboxylic acid groups (broad SMARTS) is 1. The van der Waals surface area contributed by atoms with Gasteiger partial charge in [0.05, 0.1) is 11.5 Å². The smallest absolute Gasteiger partial charge is 0.310 e. The van der Waals surface area contributed by atoms with Crippen LogP contribution in [0.2, 0.25) is 0 Å². The summed E-state index contributed by atoms with van der Waals surface area (Å²) < 4.78 is 25.3. The van der Waals surface area contributed by atoms with E-state index in [1.165, 1.54) is 6.92 Å². The van der Waals surface area contributed by atoms with Crippen molar-refractivity contribution in [3.63, 3.8) is 0 Å². The van der Waals surface area contributed by atoms with E-state index >= 15 is 0 Å². The number of aliphatic carboxylic acids is 1. The molecule has 0 spiro atoms. The maximum atomic E-state index is 11.5. The molecule has 0 aromatic rings. The third kappa shape index (κ3) is 3.68. The SMILES string of the molecule is CCC(CC)(CNS(=O)(=O)C(C)C#N)C(=O)O. The molecule has 2 N–H and O–H groups in total. The number of carboxylic acids is 1. The number of nitrogens with zero attached hydrogens (tertiary/aromatic N) is 1. The Hall–Kier alpha value is -1.13. The molecule has 0 saturated carbocycles. The van der Waals surface area contributed by atoms with Gasteiger partial charge in [0.2, 0.25) is 10.0 Å². The molecule has 0 aromatic carbocycles. The Labute approximate surface area is 102 Å². The molecular formula is C10H18N2O4S. The van der Waals surface area contributed by atoms with Gasteiger partial charge in [0.25, 0.3) is 0 Å². The number of carbonyl (C=O) groups is 1. The molecule has 7 heteroatoms. The molecule has 6 nitrogen and oxygen atoms in total. The molecule has 0 aliphatic carbocycles. The Bertz CT molecular complexity index is 407. The van der Waals surface area contributed by atoms with E-state index < -0.39 is 26.7 Å². The zero-order valence-electron chi connectivity index (χ0n) is 10.2. The minimum Gasteiger partial charge on any atom is -0.481 e. The lowest BCUT2D eigenvalue weighted by molar-refractivity contribution is -0.149. The first-order chi connectivity index (χ1) is 7.75. The van der Waals surface area contributed by atoms with E-state index in [4.69, 9.17) is 10.4 Å². The number of sulfonamides is 1. The van der Waals surface area contributed by atoms with Crippen LogP contribution >= 0.6 is 0 Å². The topological polar surface area (TPSA) is 107 Å². The van der Waals surface area contributed by atoms with Gasteiger partial charge in [-0.15, -0.1) is 0 Å². The Morgan fingerprint density at radius 2 is 1.94 bits per heavy atom. The lowest BCUT2D eigenvalue weighted by Gasteiger charge is -2.26. The molecule has 0 aliphatic heterocycles. The second kappa shape index (κ2) is 5.98. The summed E-state index contributed by atoms with van der Waals surface area (Å²) in [5.74, 6) is -1.03. The molecular weight excluding hydrogens is 244 g/mol. The van der Waals surface area contributed by atoms with Gasteiger partial charge in [0, 0.05) is 6.54 Å². The van der Waals surface area contributed by atoms with Gasteiger partial charge >= 0.3 is 5.97 Å². The highest BCUT2D eigenvalue weighted by Crippen LogP contribution is 2.26. The summed E-state index contributed by atoms with van der Waals surface area (Å²) in [6.07, 6.45) is 0.643. The van der Waals surface area contributed by atoms with Crippen LogP contribution in [-0.2, 0) is 14.8 Å². The zero-order chi connectivity index (χ0) is 13.7. The van der Waals surface area contributed by atoms with E-state index in [2.05, 4.69) is 4.72 Å². The van der Waals surface area contributed by atoms with Crippen molar-refractivity contribution in [1.82, 2.24) is 4.72 Å². The Morgan fingerprint density at radius 3 is 2.24 bits per heavy atom. The van der Waals surface area contributed by atoms with Crippen LogP contribution in [0.15, 0.2) is 0 Å². The molecule has 0 radical (unpaired) electrons. The van der Waals surface area contributed by atoms with Gasteiger partial charge < -0.3 is 5.11 Å². The first-order valence-corrected chi connectivity index (χ1v) is 6.92. The van der Waals surface area contributed by atoms with Crippen molar-refractivity contribution in [3.05, 3.63) is 0 Å². The quantitative estimate of drug-likeness (QED) is 0.702. The van der Waals surface area contributed by atoms with Crippen molar-refractivity contribution < 1.29 is 18.3 Å². The van der Waals surface area contributed by atoms with Gasteiger partial charge in [-0.25, -0.2) is 13.1 Å². The summed E-state index contributed by atoms with van der Waals surface area (Å²) in [4.78, 5) is 11.1. The van der Waals surface area contributed by atoms with E-state index in [0.29, 0.717) is 12.8 Å². The summed E-state index contributed by atoms with van der Waals surface area (Å²) in [6, 6.07) is 1.61. The van der Waals surface area contributed by atoms with Crippen LogP contribution in [0.5, 0.6) is 0 Å². The second-order valence-electron chi connectivity index (χ2n) is 3.93. The van der Waals surface area contributed by atoms with Crippen molar-refractivity contribution in [3.8, 4) is 6.07 Å². The standard InChI is InChI=1S/C10H18N2O4S/c1-4-10(5-2,9(13)14)7-12-17(15,16)8(3)6-11/h8,12H,4-5,7H2,1-3H3,(H,13,14). The Balaban J connectivity index is 4.87. The highest BCUT2D eigenvalue weighted by molar-refractivity contribution is 7.90. The summed E-state index contributed by atoms with van der Waals surface area (Å²) in [6.45, 7) is 4.45. The molecule has 17 heavy (non-hydrogen) atoms. The number of nitriles is 1. The maximum Gasteiger partial charge on any atom is 0.310 e. The van der Waals surface area contributed by atoms with Crippen LogP contribution in [0, 0.1) is 16.7 Å². The van der Waals surface area contributed by atoms with Crippen molar-refractivity contribution in [2.24, 2.45) is 5.41 Å². The van der Waals surface area contributed by atoms with Crippen LogP contribution in [0.4, 0.5) is 0 Å². The molecule has 0 aromatic heterocycles. The monoisotopic (exact) mass is 262 g/mol. The highest BCUT2D eigenvalue weighted by atomic mass is 32.2. The average molecular weight is 262 g/mol. The van der Waals surface area contributed by atoms with Gasteiger partial charge in [-0.3, -0.25) is 4.79 Å². The van der Waals surface area contributed by atoms with Crippen LogP contribution in [0.1, 0.15) is 33.6 Å². The van der Waals surface area contributed by atoms with Crippen molar-refractivity contribution >= 4 is 16.0 Å². The van der Waals surface area contributed by atoms with E-state index in [9.17, 15) is 13.2 Å². The largest absolute Gasteiger partial charge is 0.481 e. The minimum absolute atomic E-state index is 0.191. The fourth-order valence-corrected chi connectivity index (χ4v) is 2.18. The highest BCUT2D eigenvalue weighted by Gasteiger charge is 2.36. The predicted octanol–water partition coefficient (Wildman–Crippen LogP) is 0.709. The number of nitrogens with one attached hydrogen (secondary N) is 1. The fraction of sp³-hybridized carbons (Fsp3) is 0.800. The summed E-state index contributed by atoms with van der Waals surface area (Å²) in [7, 11) is -3.77. The number of rotatable bonds is 7. The average Bonchev–Trinajstić information content (AvgIpc) is 2.29. The van der Waals surface area contributed by atoms with Crippen LogP contribution in [0.25, 0.3) is 0 Å². The van der Waals surface area contributed by atoms with Gasteiger partial charge in [0.1, 0.15) is 0 Å². The first-order valence-electron chi connectivity index (χ1n) is 5.37. The normalized spacial score (nSPS) is 14.0.